The number of nitrogens with one attached hydrogen (secondary N) is 1. The molecule has 7 heteroatoms. The maximum atomic E-state index is 12.4. The van der Waals surface area contributed by atoms with E-state index in [4.69, 9.17) is 4.42 Å². The first-order chi connectivity index (χ1) is 12.6. The highest BCUT2D eigenvalue weighted by Gasteiger charge is 2.24. The Morgan fingerprint density at radius 2 is 2.19 bits per heavy atom. The average Bonchev–Trinajstić information content (AvgIpc) is 3.29. The summed E-state index contributed by atoms with van der Waals surface area (Å²) in [5, 5.41) is 2.77. The number of rotatable bonds is 4. The molecule has 1 fully saturated rings. The number of pyridine rings is 2. The van der Waals surface area contributed by atoms with Crippen LogP contribution in [0.3, 0.4) is 0 Å². The molecule has 1 unspecified atom stereocenters. The number of hydrogen-bond acceptors (Lipinski definition) is 6. The summed E-state index contributed by atoms with van der Waals surface area (Å²) in [5.74, 6) is 0.380. The number of furan rings is 1. The Kier molecular flexibility index (Phi) is 4.30. The molecule has 0 radical (unpaired) electrons. The fourth-order valence-corrected chi connectivity index (χ4v) is 3.20. The fourth-order valence-electron chi connectivity index (χ4n) is 3.20. The van der Waals surface area contributed by atoms with Gasteiger partial charge in [0.1, 0.15) is 11.3 Å². The van der Waals surface area contributed by atoms with Gasteiger partial charge < -0.3 is 19.5 Å². The smallest absolute Gasteiger partial charge is 0.292 e. The maximum absolute atomic E-state index is 12.4. The molecule has 1 amide bonds. The van der Waals surface area contributed by atoms with Crippen LogP contribution in [0.4, 0.5) is 11.5 Å². The fraction of sp³-hybridized carbons (Fsp3) is 0.316. The van der Waals surface area contributed by atoms with Crippen LogP contribution in [0.5, 0.6) is 0 Å². The predicted molar refractivity (Wildman–Crippen MR) is 101 cm³/mol. The lowest BCUT2D eigenvalue weighted by molar-refractivity contribution is 0.0998. The molecule has 26 heavy (non-hydrogen) atoms. The summed E-state index contributed by atoms with van der Waals surface area (Å²) in [6.45, 7) is 2.01. The number of fused-ring (bicyclic) bond motifs is 1. The van der Waals surface area contributed by atoms with E-state index in [0.717, 1.165) is 25.2 Å². The molecule has 1 aliphatic rings. The van der Waals surface area contributed by atoms with E-state index in [0.29, 0.717) is 23.0 Å². The van der Waals surface area contributed by atoms with E-state index >= 15 is 0 Å². The maximum Gasteiger partial charge on any atom is 0.292 e. The number of aromatic nitrogens is 2. The van der Waals surface area contributed by atoms with Crippen LogP contribution >= 0.6 is 0 Å². The van der Waals surface area contributed by atoms with Crippen molar-refractivity contribution >= 4 is 28.5 Å². The van der Waals surface area contributed by atoms with E-state index in [-0.39, 0.29) is 11.7 Å². The molecule has 0 saturated carbocycles. The van der Waals surface area contributed by atoms with Gasteiger partial charge in [-0.25, -0.2) is 4.98 Å². The number of carbonyl (C=O) groups excluding carboxylic acids is 1. The first kappa shape index (κ1) is 16.5. The second kappa shape index (κ2) is 6.76. The minimum Gasteiger partial charge on any atom is -0.449 e. The Hall–Kier alpha value is -2.93. The van der Waals surface area contributed by atoms with Gasteiger partial charge in [-0.2, -0.15) is 0 Å². The number of carbonyl (C=O) groups is 1. The van der Waals surface area contributed by atoms with E-state index in [2.05, 4.69) is 39.2 Å². The van der Waals surface area contributed by atoms with Gasteiger partial charge in [-0.3, -0.25) is 9.78 Å². The molecule has 0 aliphatic carbocycles. The van der Waals surface area contributed by atoms with Crippen LogP contribution in [0.1, 0.15) is 17.0 Å². The van der Waals surface area contributed by atoms with Crippen molar-refractivity contribution in [3.63, 3.8) is 0 Å². The van der Waals surface area contributed by atoms with Gasteiger partial charge in [-0.05, 0) is 44.8 Å². The van der Waals surface area contributed by atoms with Crippen LogP contribution in [0.15, 0.2) is 47.1 Å². The second-order valence-corrected chi connectivity index (χ2v) is 6.71. The SMILES string of the molecule is CN(C)C1CCN(c2ccc(NC(=O)c3cc4ncccc4o3)nc2)C1. The number of likely N-dealkylation sites (N-methyl/N-ethyl adjacent to an activating group) is 1. The number of hydrogen-bond donors (Lipinski definition) is 1. The van der Waals surface area contributed by atoms with E-state index < -0.39 is 0 Å². The van der Waals surface area contributed by atoms with Crippen molar-refractivity contribution in [1.82, 2.24) is 14.9 Å². The minimum atomic E-state index is -0.336. The number of amides is 1. The topological polar surface area (TPSA) is 74.5 Å². The number of anilines is 2. The van der Waals surface area contributed by atoms with Crippen molar-refractivity contribution in [3.8, 4) is 0 Å². The van der Waals surface area contributed by atoms with Crippen molar-refractivity contribution in [3.05, 3.63) is 48.5 Å². The predicted octanol–water partition coefficient (Wildman–Crippen LogP) is 2.62. The first-order valence-corrected chi connectivity index (χ1v) is 8.63. The highest BCUT2D eigenvalue weighted by molar-refractivity contribution is 6.03. The molecule has 4 rings (SSSR count). The summed E-state index contributed by atoms with van der Waals surface area (Å²) in [5.41, 5.74) is 2.32. The molecule has 3 aromatic rings. The van der Waals surface area contributed by atoms with E-state index in [1.165, 1.54) is 0 Å². The molecule has 1 N–H and O–H groups in total. The Morgan fingerprint density at radius 3 is 2.88 bits per heavy atom. The Balaban J connectivity index is 1.43. The first-order valence-electron chi connectivity index (χ1n) is 8.63. The zero-order chi connectivity index (χ0) is 18.1. The van der Waals surface area contributed by atoms with Crippen LogP contribution in [-0.4, -0.2) is 54.0 Å². The molecular weight excluding hydrogens is 330 g/mol. The standard InChI is InChI=1S/C19H21N5O2/c1-23(2)14-7-9-24(12-14)13-5-6-18(21-11-13)22-19(25)17-10-15-16(26-17)4-3-8-20-15/h3-6,8,10-11,14H,7,9,12H2,1-2H3,(H,21,22,25). The molecule has 4 heterocycles. The summed E-state index contributed by atoms with van der Waals surface area (Å²) in [6.07, 6.45) is 4.61. The lowest BCUT2D eigenvalue weighted by Crippen LogP contribution is -2.31. The molecule has 1 saturated heterocycles. The Bertz CT molecular complexity index is 886. The minimum absolute atomic E-state index is 0.220. The van der Waals surface area contributed by atoms with Gasteiger partial charge in [0.05, 0.1) is 11.9 Å². The molecule has 1 atom stereocenters. The van der Waals surface area contributed by atoms with E-state index in [1.54, 1.807) is 30.6 Å². The molecule has 1 aliphatic heterocycles. The zero-order valence-corrected chi connectivity index (χ0v) is 14.8. The van der Waals surface area contributed by atoms with Gasteiger partial charge in [-0.1, -0.05) is 0 Å². The van der Waals surface area contributed by atoms with Gasteiger partial charge in [0, 0.05) is 31.4 Å². The van der Waals surface area contributed by atoms with Crippen LogP contribution in [-0.2, 0) is 0 Å². The van der Waals surface area contributed by atoms with Gasteiger partial charge in [0.15, 0.2) is 11.3 Å². The van der Waals surface area contributed by atoms with Crippen molar-refractivity contribution in [1.29, 1.82) is 0 Å². The zero-order valence-electron chi connectivity index (χ0n) is 14.8. The van der Waals surface area contributed by atoms with Crippen LogP contribution in [0.25, 0.3) is 11.1 Å². The largest absolute Gasteiger partial charge is 0.449 e. The van der Waals surface area contributed by atoms with Crippen molar-refractivity contribution in [2.75, 3.05) is 37.4 Å². The highest BCUT2D eigenvalue weighted by atomic mass is 16.3. The van der Waals surface area contributed by atoms with Crippen molar-refractivity contribution in [2.24, 2.45) is 0 Å². The van der Waals surface area contributed by atoms with Gasteiger partial charge in [0.2, 0.25) is 0 Å². The van der Waals surface area contributed by atoms with Crippen LogP contribution < -0.4 is 10.2 Å². The lowest BCUT2D eigenvalue weighted by Gasteiger charge is -2.21. The summed E-state index contributed by atoms with van der Waals surface area (Å²) < 4.78 is 5.53. The third-order valence-corrected chi connectivity index (χ3v) is 4.76. The third kappa shape index (κ3) is 3.25. The molecular formula is C19H21N5O2. The normalized spacial score (nSPS) is 17.2. The number of nitrogens with zero attached hydrogens (tertiary/aromatic N) is 4. The second-order valence-electron chi connectivity index (χ2n) is 6.71. The molecule has 0 bridgehead atoms. The van der Waals surface area contributed by atoms with Crippen molar-refractivity contribution < 1.29 is 9.21 Å². The van der Waals surface area contributed by atoms with E-state index in [1.807, 2.05) is 12.1 Å². The summed E-state index contributed by atoms with van der Waals surface area (Å²) >= 11 is 0. The van der Waals surface area contributed by atoms with Crippen LogP contribution in [0.2, 0.25) is 0 Å². The molecule has 3 aromatic heterocycles. The Labute approximate surface area is 151 Å². The quantitative estimate of drug-likeness (QED) is 0.779. The summed E-state index contributed by atoms with van der Waals surface area (Å²) in [7, 11) is 4.22. The van der Waals surface area contributed by atoms with E-state index in [9.17, 15) is 4.79 Å². The monoisotopic (exact) mass is 351 g/mol. The molecule has 0 spiro atoms. The average molecular weight is 351 g/mol. The summed E-state index contributed by atoms with van der Waals surface area (Å²) in [6, 6.07) is 9.55. The van der Waals surface area contributed by atoms with Crippen LogP contribution in [0, 0.1) is 0 Å². The van der Waals surface area contributed by atoms with Gasteiger partial charge in [0.25, 0.3) is 5.91 Å². The van der Waals surface area contributed by atoms with Gasteiger partial charge >= 0.3 is 0 Å². The highest BCUT2D eigenvalue weighted by Crippen LogP contribution is 2.23. The lowest BCUT2D eigenvalue weighted by atomic mass is 10.2. The third-order valence-electron chi connectivity index (χ3n) is 4.76. The molecule has 0 aromatic carbocycles. The van der Waals surface area contributed by atoms with Crippen molar-refractivity contribution in [2.45, 2.75) is 12.5 Å². The summed E-state index contributed by atoms with van der Waals surface area (Å²) in [4.78, 5) is 25.5. The molecule has 134 valence electrons. The molecule has 7 nitrogen and oxygen atoms in total. The Morgan fingerprint density at radius 1 is 1.31 bits per heavy atom. The van der Waals surface area contributed by atoms with Gasteiger partial charge in [-0.15, -0.1) is 0 Å².